The molecule has 0 spiro atoms. The summed E-state index contributed by atoms with van der Waals surface area (Å²) in [4.78, 5) is 60.0. The van der Waals surface area contributed by atoms with Gasteiger partial charge in [-0.25, -0.2) is 0 Å². The van der Waals surface area contributed by atoms with Crippen molar-refractivity contribution >= 4 is 41.5 Å². The summed E-state index contributed by atoms with van der Waals surface area (Å²) in [5.74, 6) is -5.41. The number of carbonyl (C=O) groups is 5. The number of fused-ring (bicyclic) bond motifs is 1. The van der Waals surface area contributed by atoms with Gasteiger partial charge in [-0.1, -0.05) is 24.3 Å². The fourth-order valence-electron chi connectivity index (χ4n) is 3.45. The normalized spacial score (nSPS) is 19.2. The minimum absolute atomic E-state index is 0. The minimum atomic E-state index is -1.72. The van der Waals surface area contributed by atoms with Crippen molar-refractivity contribution in [3.8, 4) is 6.07 Å². The number of nitriles is 1. The third kappa shape index (κ3) is 6.23. The zero-order valence-electron chi connectivity index (χ0n) is 18.5. The van der Waals surface area contributed by atoms with Crippen LogP contribution < -0.4 is 74.6 Å². The quantitative estimate of drug-likeness (QED) is 0.213. The van der Waals surface area contributed by atoms with Crippen molar-refractivity contribution in [2.75, 3.05) is 5.75 Å². The number of thioether (sulfide) groups is 1. The van der Waals surface area contributed by atoms with Gasteiger partial charge in [0.2, 0.25) is 12.0 Å². The molecule has 2 amide bonds. The van der Waals surface area contributed by atoms with E-state index in [2.05, 4.69) is 5.32 Å². The fourth-order valence-corrected chi connectivity index (χ4v) is 4.82. The van der Waals surface area contributed by atoms with E-state index in [1.165, 1.54) is 18.2 Å². The number of nitrogens with one attached hydrogen (secondary N) is 1. The molecule has 0 radical (unpaired) electrons. The van der Waals surface area contributed by atoms with E-state index in [-0.39, 0.29) is 88.0 Å². The molecule has 1 aromatic carbocycles. The Hall–Kier alpha value is -1.85. The maximum atomic E-state index is 12.6. The molecular weight excluding hydrogens is 488 g/mol. The van der Waals surface area contributed by atoms with Crippen molar-refractivity contribution < 1.29 is 98.0 Å². The Balaban J connectivity index is 0.00000289. The number of aliphatic carboxylic acids is 1. The summed E-state index contributed by atoms with van der Waals surface area (Å²) < 4.78 is 4.83. The van der Waals surface area contributed by atoms with Crippen molar-refractivity contribution in [3.63, 3.8) is 0 Å². The molecule has 1 aromatic rings. The van der Waals surface area contributed by atoms with Crippen LogP contribution in [0.1, 0.15) is 22.8 Å². The van der Waals surface area contributed by atoms with Gasteiger partial charge in [-0.3, -0.25) is 19.3 Å². The zero-order chi connectivity index (χ0) is 23.6. The molecule has 1 fully saturated rings. The number of ether oxygens (including phenoxy) is 1. The Morgan fingerprint density at radius 3 is 2.44 bits per heavy atom. The molecule has 0 aromatic heterocycles. The summed E-state index contributed by atoms with van der Waals surface area (Å²) in [5, 5.41) is 33.8. The fraction of sp³-hybridized carbons (Fsp3) is 0.300. The Bertz CT molecular complexity index is 1100. The van der Waals surface area contributed by atoms with Gasteiger partial charge >= 0.3 is 65.1 Å². The first-order valence-electron chi connectivity index (χ1n) is 9.20. The second-order valence-corrected chi connectivity index (χ2v) is 7.96. The van der Waals surface area contributed by atoms with Gasteiger partial charge in [0, 0.05) is 23.8 Å². The molecule has 2 heterocycles. The van der Waals surface area contributed by atoms with E-state index in [1.807, 2.05) is 0 Å². The van der Waals surface area contributed by atoms with Crippen LogP contribution in [0.2, 0.25) is 0 Å². The Morgan fingerprint density at radius 2 is 1.88 bits per heavy atom. The summed E-state index contributed by atoms with van der Waals surface area (Å²) in [6.07, 6.45) is -1.83. The Morgan fingerprint density at radius 1 is 1.24 bits per heavy atom. The average Bonchev–Trinajstić information content (AvgIpc) is 2.74. The SMILES string of the molecule is CC(=O)OC(C#N)C1=C(C(=O)[O-])N2C(=O)[C@H](NC(=O)Cc3ccccc3C(=O)[O-])[C@H]2SC1.[Na+].[Na+]. The summed E-state index contributed by atoms with van der Waals surface area (Å²) in [5.41, 5.74) is -0.624. The van der Waals surface area contributed by atoms with E-state index in [0.29, 0.717) is 0 Å². The zero-order valence-corrected chi connectivity index (χ0v) is 23.3. The van der Waals surface area contributed by atoms with Crippen LogP contribution in [0.4, 0.5) is 0 Å². The summed E-state index contributed by atoms with van der Waals surface area (Å²) >= 11 is 1.08. The molecular formula is C20H15N3Na2O8S. The first-order chi connectivity index (χ1) is 15.1. The summed E-state index contributed by atoms with van der Waals surface area (Å²) in [6, 6.07) is 6.38. The van der Waals surface area contributed by atoms with Gasteiger partial charge in [0.15, 0.2) is 0 Å². The number of benzene rings is 1. The molecule has 1 N–H and O–H groups in total. The summed E-state index contributed by atoms with van der Waals surface area (Å²) in [6.45, 7) is 1.06. The number of esters is 1. The van der Waals surface area contributed by atoms with Crippen LogP contribution >= 0.6 is 11.8 Å². The number of β-lactam (4-membered cyclic amide) rings is 1. The molecule has 1 unspecified atom stereocenters. The molecule has 2 aliphatic heterocycles. The monoisotopic (exact) mass is 503 g/mol. The van der Waals surface area contributed by atoms with Gasteiger partial charge in [0.1, 0.15) is 17.5 Å². The molecule has 2 aliphatic rings. The molecule has 0 aliphatic carbocycles. The van der Waals surface area contributed by atoms with E-state index in [0.717, 1.165) is 23.6 Å². The van der Waals surface area contributed by atoms with Crippen LogP contribution in [0.25, 0.3) is 0 Å². The van der Waals surface area contributed by atoms with Crippen LogP contribution in [0.3, 0.4) is 0 Å². The first-order valence-corrected chi connectivity index (χ1v) is 10.2. The van der Waals surface area contributed by atoms with Crippen LogP contribution in [-0.2, 0) is 30.3 Å². The summed E-state index contributed by atoms with van der Waals surface area (Å²) in [7, 11) is 0. The maximum Gasteiger partial charge on any atom is 1.00 e. The number of carboxylic acid groups (broad SMARTS) is 2. The van der Waals surface area contributed by atoms with Gasteiger partial charge in [-0.15, -0.1) is 11.8 Å². The first kappa shape index (κ1) is 30.2. The number of hydrogen-bond donors (Lipinski definition) is 1. The van der Waals surface area contributed by atoms with Crippen molar-refractivity contribution in [3.05, 3.63) is 46.7 Å². The number of nitrogens with zero attached hydrogens (tertiary/aromatic N) is 2. The predicted molar refractivity (Wildman–Crippen MR) is 103 cm³/mol. The van der Waals surface area contributed by atoms with Crippen LogP contribution in [0.15, 0.2) is 35.5 Å². The Kier molecular flexibility index (Phi) is 11.3. The second kappa shape index (κ2) is 12.7. The molecule has 0 saturated carbocycles. The molecule has 3 atom stereocenters. The smallest absolute Gasteiger partial charge is 0.545 e. The number of carboxylic acids is 2. The van der Waals surface area contributed by atoms with E-state index in [1.54, 1.807) is 12.1 Å². The van der Waals surface area contributed by atoms with Crippen LogP contribution in [0, 0.1) is 11.3 Å². The predicted octanol–water partition coefficient (Wildman–Crippen LogP) is -8.54. The molecule has 0 bridgehead atoms. The largest absolute Gasteiger partial charge is 1.00 e. The Labute approximate surface area is 242 Å². The second-order valence-electron chi connectivity index (χ2n) is 6.86. The van der Waals surface area contributed by atoms with E-state index >= 15 is 0 Å². The number of amides is 2. The van der Waals surface area contributed by atoms with Crippen molar-refractivity contribution in [1.82, 2.24) is 10.2 Å². The average molecular weight is 503 g/mol. The van der Waals surface area contributed by atoms with Gasteiger partial charge in [0.25, 0.3) is 5.91 Å². The number of rotatable bonds is 7. The van der Waals surface area contributed by atoms with Gasteiger partial charge in [-0.05, 0) is 5.56 Å². The van der Waals surface area contributed by atoms with Crippen molar-refractivity contribution in [1.29, 1.82) is 5.26 Å². The molecule has 14 heteroatoms. The van der Waals surface area contributed by atoms with E-state index in [9.17, 15) is 39.4 Å². The van der Waals surface area contributed by atoms with Gasteiger partial charge < -0.3 is 29.9 Å². The minimum Gasteiger partial charge on any atom is -0.545 e. The van der Waals surface area contributed by atoms with E-state index in [4.69, 9.17) is 4.74 Å². The molecule has 166 valence electrons. The van der Waals surface area contributed by atoms with E-state index < -0.39 is 52.9 Å². The topological polar surface area (TPSA) is 180 Å². The van der Waals surface area contributed by atoms with Gasteiger partial charge in [0.05, 0.1) is 24.1 Å². The standard InChI is InChI=1S/C20H17N3O8S.2Na/c1-9(24)31-13(7-21)12-8-32-18-15(17(26)23(18)16(12)20(29)30)22-14(25)6-10-4-2-3-5-11(10)19(27)28;;/h2-5,13,15,18H,6,8H2,1H3,(H,22,25)(H,27,28)(H,29,30);;/q;2*+1/p-2/t13?,15-,18+;;/m0../s1. The van der Waals surface area contributed by atoms with Crippen LogP contribution in [0.5, 0.6) is 0 Å². The molecule has 11 nitrogen and oxygen atoms in total. The third-order valence-electron chi connectivity index (χ3n) is 4.81. The third-order valence-corrected chi connectivity index (χ3v) is 6.12. The molecule has 34 heavy (non-hydrogen) atoms. The van der Waals surface area contributed by atoms with Crippen molar-refractivity contribution in [2.24, 2.45) is 0 Å². The number of carbonyl (C=O) groups excluding carboxylic acids is 5. The number of hydrogen-bond acceptors (Lipinski definition) is 10. The van der Waals surface area contributed by atoms with Crippen LogP contribution in [-0.4, -0.2) is 57.9 Å². The van der Waals surface area contributed by atoms with Gasteiger partial charge in [-0.2, -0.15) is 5.26 Å². The number of aromatic carboxylic acids is 1. The maximum absolute atomic E-state index is 12.6. The van der Waals surface area contributed by atoms with Crippen molar-refractivity contribution in [2.45, 2.75) is 30.9 Å². The molecule has 3 rings (SSSR count). The molecule has 1 saturated heterocycles.